The first-order valence-electron chi connectivity index (χ1n) is 4.68. The fraction of sp³-hybridized carbons (Fsp3) is 0.200. The zero-order valence-corrected chi connectivity index (χ0v) is 10.0. The normalized spacial score (nSPS) is 10.6. The molecule has 0 fully saturated rings. The average molecular weight is 257 g/mol. The molecule has 0 aromatic carbocycles. The summed E-state index contributed by atoms with van der Waals surface area (Å²) in [7, 11) is 0. The zero-order chi connectivity index (χ0) is 11.7. The van der Waals surface area contributed by atoms with Crippen molar-refractivity contribution in [3.63, 3.8) is 0 Å². The monoisotopic (exact) mass is 256 g/mol. The molecule has 0 aliphatic rings. The third kappa shape index (κ3) is 1.83. The molecular weight excluding hydrogens is 248 g/mol. The van der Waals surface area contributed by atoms with Gasteiger partial charge in [0.2, 0.25) is 0 Å². The summed E-state index contributed by atoms with van der Waals surface area (Å²) >= 11 is 7.09. The first-order chi connectivity index (χ1) is 7.63. The topological polar surface area (TPSA) is 55.1 Å². The maximum atomic E-state index is 10.8. The molecule has 6 heteroatoms. The highest BCUT2D eigenvalue weighted by molar-refractivity contribution is 7.18. The lowest BCUT2D eigenvalue weighted by molar-refractivity contribution is 0.0702. The summed E-state index contributed by atoms with van der Waals surface area (Å²) < 4.78 is 2.26. The van der Waals surface area contributed by atoms with E-state index in [1.807, 2.05) is 13.0 Å². The Morgan fingerprint density at radius 2 is 2.44 bits per heavy atom. The van der Waals surface area contributed by atoms with Gasteiger partial charge < -0.3 is 5.11 Å². The number of carboxylic acids is 1. The van der Waals surface area contributed by atoms with Crippen LogP contribution in [0.2, 0.25) is 4.34 Å². The maximum Gasteiger partial charge on any atom is 0.345 e. The molecule has 0 aliphatic carbocycles. The van der Waals surface area contributed by atoms with Crippen LogP contribution in [0.5, 0.6) is 0 Å². The summed E-state index contributed by atoms with van der Waals surface area (Å²) in [5.41, 5.74) is 1.57. The van der Waals surface area contributed by atoms with Crippen molar-refractivity contribution in [3.8, 4) is 11.3 Å². The maximum absolute atomic E-state index is 10.8. The molecule has 0 spiro atoms. The molecule has 2 aromatic rings. The fourth-order valence-electron chi connectivity index (χ4n) is 1.46. The van der Waals surface area contributed by atoms with Crippen molar-refractivity contribution in [2.75, 3.05) is 0 Å². The largest absolute Gasteiger partial charge is 0.477 e. The molecule has 84 valence electrons. The van der Waals surface area contributed by atoms with Gasteiger partial charge in [0.05, 0.1) is 5.69 Å². The molecule has 1 N–H and O–H groups in total. The fourth-order valence-corrected chi connectivity index (χ4v) is 2.59. The third-order valence-corrected chi connectivity index (χ3v) is 3.54. The first-order valence-corrected chi connectivity index (χ1v) is 5.87. The van der Waals surface area contributed by atoms with Crippen LogP contribution in [0.3, 0.4) is 0 Å². The van der Waals surface area contributed by atoms with E-state index in [2.05, 4.69) is 5.10 Å². The Labute approximate surface area is 101 Å². The van der Waals surface area contributed by atoms with Gasteiger partial charge in [-0.15, -0.1) is 11.3 Å². The van der Waals surface area contributed by atoms with Crippen LogP contribution in [-0.2, 0) is 6.54 Å². The van der Waals surface area contributed by atoms with E-state index >= 15 is 0 Å². The number of aryl methyl sites for hydroxylation is 1. The SMILES string of the molecule is CCn1nccc1-c1cc(C(=O)O)sc1Cl. The van der Waals surface area contributed by atoms with Gasteiger partial charge in [-0.1, -0.05) is 11.6 Å². The van der Waals surface area contributed by atoms with Crippen LogP contribution in [0.1, 0.15) is 16.6 Å². The number of aromatic nitrogens is 2. The van der Waals surface area contributed by atoms with E-state index < -0.39 is 5.97 Å². The van der Waals surface area contributed by atoms with E-state index in [9.17, 15) is 4.79 Å². The molecule has 2 rings (SSSR count). The Balaban J connectivity index is 2.52. The van der Waals surface area contributed by atoms with Crippen molar-refractivity contribution >= 4 is 28.9 Å². The van der Waals surface area contributed by atoms with Crippen molar-refractivity contribution in [1.82, 2.24) is 9.78 Å². The molecule has 2 aromatic heterocycles. The van der Waals surface area contributed by atoms with E-state index in [-0.39, 0.29) is 4.88 Å². The van der Waals surface area contributed by atoms with Gasteiger partial charge in [0.15, 0.2) is 0 Å². The van der Waals surface area contributed by atoms with Crippen molar-refractivity contribution in [1.29, 1.82) is 0 Å². The summed E-state index contributed by atoms with van der Waals surface area (Å²) in [6, 6.07) is 3.40. The molecule has 0 aliphatic heterocycles. The number of carbonyl (C=O) groups is 1. The second-order valence-electron chi connectivity index (χ2n) is 3.14. The van der Waals surface area contributed by atoms with Crippen molar-refractivity contribution < 1.29 is 9.90 Å². The Bertz CT molecular complexity index is 533. The van der Waals surface area contributed by atoms with E-state index in [0.29, 0.717) is 4.34 Å². The lowest BCUT2D eigenvalue weighted by atomic mass is 10.2. The van der Waals surface area contributed by atoms with Gasteiger partial charge >= 0.3 is 5.97 Å². The Morgan fingerprint density at radius 1 is 1.69 bits per heavy atom. The molecule has 0 amide bonds. The second kappa shape index (κ2) is 4.27. The van der Waals surface area contributed by atoms with Crippen LogP contribution < -0.4 is 0 Å². The highest BCUT2D eigenvalue weighted by Gasteiger charge is 2.16. The van der Waals surface area contributed by atoms with Gasteiger partial charge in [-0.3, -0.25) is 4.68 Å². The molecule has 0 atom stereocenters. The minimum Gasteiger partial charge on any atom is -0.477 e. The van der Waals surface area contributed by atoms with Crippen LogP contribution in [0, 0.1) is 0 Å². The number of hydrogen-bond donors (Lipinski definition) is 1. The summed E-state index contributed by atoms with van der Waals surface area (Å²) in [6.45, 7) is 2.69. The van der Waals surface area contributed by atoms with Crippen LogP contribution in [0.15, 0.2) is 18.3 Å². The predicted molar refractivity (Wildman–Crippen MR) is 63.2 cm³/mol. The highest BCUT2D eigenvalue weighted by atomic mass is 35.5. The van der Waals surface area contributed by atoms with E-state index in [0.717, 1.165) is 29.1 Å². The standard InChI is InChI=1S/C10H9ClN2O2S/c1-2-13-7(3-4-12-13)6-5-8(10(14)15)16-9(6)11/h3-5H,2H2,1H3,(H,14,15). The van der Waals surface area contributed by atoms with E-state index in [4.69, 9.17) is 16.7 Å². The predicted octanol–water partition coefficient (Wildman–Crippen LogP) is 2.98. The summed E-state index contributed by atoms with van der Waals surface area (Å²) in [4.78, 5) is 11.1. The van der Waals surface area contributed by atoms with Gasteiger partial charge in [-0.25, -0.2) is 4.79 Å². The molecule has 0 saturated carbocycles. The Hall–Kier alpha value is -1.33. The summed E-state index contributed by atoms with van der Waals surface area (Å²) in [5.74, 6) is -0.958. The number of aromatic carboxylic acids is 1. The molecule has 16 heavy (non-hydrogen) atoms. The van der Waals surface area contributed by atoms with E-state index in [1.54, 1.807) is 16.9 Å². The Kier molecular flexibility index (Phi) is 2.98. The third-order valence-electron chi connectivity index (χ3n) is 2.19. The number of hydrogen-bond acceptors (Lipinski definition) is 3. The quantitative estimate of drug-likeness (QED) is 0.919. The van der Waals surface area contributed by atoms with Crippen molar-refractivity contribution in [2.45, 2.75) is 13.5 Å². The highest BCUT2D eigenvalue weighted by Crippen LogP contribution is 2.35. The lowest BCUT2D eigenvalue weighted by Crippen LogP contribution is -1.98. The smallest absolute Gasteiger partial charge is 0.345 e. The average Bonchev–Trinajstić information content (AvgIpc) is 2.82. The minimum absolute atomic E-state index is 0.240. The number of thiophene rings is 1. The van der Waals surface area contributed by atoms with E-state index in [1.165, 1.54) is 0 Å². The number of nitrogens with zero attached hydrogens (tertiary/aromatic N) is 2. The summed E-state index contributed by atoms with van der Waals surface area (Å²) in [6.07, 6.45) is 1.67. The molecule has 0 unspecified atom stereocenters. The number of rotatable bonds is 3. The van der Waals surface area contributed by atoms with Crippen LogP contribution in [0.4, 0.5) is 0 Å². The van der Waals surface area contributed by atoms with Crippen LogP contribution in [-0.4, -0.2) is 20.9 Å². The molecule has 2 heterocycles. The van der Waals surface area contributed by atoms with Gasteiger partial charge in [0.1, 0.15) is 9.21 Å². The molecule has 0 bridgehead atoms. The summed E-state index contributed by atoms with van der Waals surface area (Å²) in [5, 5.41) is 13.0. The number of carboxylic acid groups (broad SMARTS) is 1. The first kappa shape index (κ1) is 11.2. The zero-order valence-electron chi connectivity index (χ0n) is 8.48. The second-order valence-corrected chi connectivity index (χ2v) is 4.79. The van der Waals surface area contributed by atoms with Gasteiger partial charge in [-0.2, -0.15) is 5.10 Å². The molecule has 0 radical (unpaired) electrons. The molecular formula is C10H9ClN2O2S. The van der Waals surface area contributed by atoms with Crippen LogP contribution >= 0.6 is 22.9 Å². The van der Waals surface area contributed by atoms with Gasteiger partial charge in [0, 0.05) is 18.3 Å². The molecule has 4 nitrogen and oxygen atoms in total. The molecule has 0 saturated heterocycles. The van der Waals surface area contributed by atoms with Crippen molar-refractivity contribution in [3.05, 3.63) is 27.5 Å². The lowest BCUT2D eigenvalue weighted by Gasteiger charge is -2.02. The van der Waals surface area contributed by atoms with Crippen LogP contribution in [0.25, 0.3) is 11.3 Å². The van der Waals surface area contributed by atoms with Gasteiger partial charge in [0.25, 0.3) is 0 Å². The minimum atomic E-state index is -0.958. The number of halogens is 1. The Morgan fingerprint density at radius 3 is 3.00 bits per heavy atom. The van der Waals surface area contributed by atoms with Crippen molar-refractivity contribution in [2.24, 2.45) is 0 Å². The van der Waals surface area contributed by atoms with Gasteiger partial charge in [-0.05, 0) is 19.1 Å².